The highest BCUT2D eigenvalue weighted by Crippen LogP contribution is 2.25. The first kappa shape index (κ1) is 25.4. The molecule has 0 saturated carbocycles. The van der Waals surface area contributed by atoms with Gasteiger partial charge in [-0.15, -0.1) is 0 Å². The van der Waals surface area contributed by atoms with E-state index < -0.39 is 5.97 Å². The molecular weight excluding hydrogens is 456 g/mol. The van der Waals surface area contributed by atoms with Crippen molar-refractivity contribution < 1.29 is 23.8 Å². The topological polar surface area (TPSA) is 77.1 Å². The Bertz CT molecular complexity index is 1190. The highest BCUT2D eigenvalue weighted by Gasteiger charge is 2.14. The molecule has 188 valence electrons. The van der Waals surface area contributed by atoms with Crippen molar-refractivity contribution in [1.82, 2.24) is 10.2 Å². The van der Waals surface area contributed by atoms with Gasteiger partial charge in [-0.1, -0.05) is 48.5 Å². The standard InChI is InChI=1S/C29H32N2O5/c1-34-29(33)24-12-10-22(11-13-24)20-25(28(32)30-14-5-15-31-16-18-35-19-17-31)21-36-27-9-4-7-23-6-2-3-8-26(23)27/h2-4,6-13,20H,5,14-19,21H2,1H3,(H,30,32). The van der Waals surface area contributed by atoms with Crippen LogP contribution >= 0.6 is 0 Å². The van der Waals surface area contributed by atoms with Crippen molar-refractivity contribution in [3.8, 4) is 5.75 Å². The van der Waals surface area contributed by atoms with E-state index in [0.29, 0.717) is 17.7 Å². The number of carbonyl (C=O) groups excluding carboxylic acids is 2. The Kier molecular flexibility index (Phi) is 9.08. The molecule has 1 aliphatic rings. The Labute approximate surface area is 211 Å². The van der Waals surface area contributed by atoms with Crippen molar-refractivity contribution in [2.24, 2.45) is 0 Å². The average Bonchev–Trinajstić information content (AvgIpc) is 2.93. The van der Waals surface area contributed by atoms with Crippen LogP contribution in [0.15, 0.2) is 72.3 Å². The van der Waals surface area contributed by atoms with Gasteiger partial charge in [0.15, 0.2) is 0 Å². The minimum absolute atomic E-state index is 0.113. The first-order valence-electron chi connectivity index (χ1n) is 12.2. The molecule has 0 radical (unpaired) electrons. The van der Waals surface area contributed by atoms with Crippen LogP contribution in [0.4, 0.5) is 0 Å². The summed E-state index contributed by atoms with van der Waals surface area (Å²) in [6, 6.07) is 20.8. The Morgan fingerprint density at radius 3 is 2.53 bits per heavy atom. The highest BCUT2D eigenvalue weighted by molar-refractivity contribution is 5.98. The fourth-order valence-electron chi connectivity index (χ4n) is 4.13. The van der Waals surface area contributed by atoms with Crippen LogP contribution in [-0.2, 0) is 14.3 Å². The smallest absolute Gasteiger partial charge is 0.337 e. The van der Waals surface area contributed by atoms with E-state index >= 15 is 0 Å². The van der Waals surface area contributed by atoms with Gasteiger partial charge in [0, 0.05) is 25.0 Å². The predicted molar refractivity (Wildman–Crippen MR) is 140 cm³/mol. The van der Waals surface area contributed by atoms with Gasteiger partial charge in [-0.05, 0) is 48.2 Å². The van der Waals surface area contributed by atoms with Crippen molar-refractivity contribution in [3.05, 3.63) is 83.4 Å². The van der Waals surface area contributed by atoms with Gasteiger partial charge in [-0.25, -0.2) is 4.79 Å². The van der Waals surface area contributed by atoms with Crippen LogP contribution in [0, 0.1) is 0 Å². The number of amides is 1. The van der Waals surface area contributed by atoms with E-state index in [0.717, 1.165) is 61.4 Å². The first-order chi connectivity index (χ1) is 17.6. The number of hydrogen-bond acceptors (Lipinski definition) is 6. The first-order valence-corrected chi connectivity index (χ1v) is 12.2. The van der Waals surface area contributed by atoms with E-state index in [1.165, 1.54) is 7.11 Å². The number of hydrogen-bond donors (Lipinski definition) is 1. The van der Waals surface area contributed by atoms with Crippen LogP contribution in [0.3, 0.4) is 0 Å². The molecule has 0 aliphatic carbocycles. The summed E-state index contributed by atoms with van der Waals surface area (Å²) in [6.07, 6.45) is 2.65. The molecule has 1 aliphatic heterocycles. The third kappa shape index (κ3) is 6.93. The SMILES string of the molecule is COC(=O)c1ccc(C=C(COc2cccc3ccccc23)C(=O)NCCCN2CCOCC2)cc1. The molecule has 0 unspecified atom stereocenters. The van der Waals surface area contributed by atoms with Crippen molar-refractivity contribution in [2.75, 3.05) is 53.1 Å². The van der Waals surface area contributed by atoms with Crippen molar-refractivity contribution in [2.45, 2.75) is 6.42 Å². The fourth-order valence-corrected chi connectivity index (χ4v) is 4.13. The third-order valence-corrected chi connectivity index (χ3v) is 6.14. The van der Waals surface area contributed by atoms with Gasteiger partial charge in [-0.3, -0.25) is 9.69 Å². The number of nitrogens with zero attached hydrogens (tertiary/aromatic N) is 1. The largest absolute Gasteiger partial charge is 0.488 e. The lowest BCUT2D eigenvalue weighted by molar-refractivity contribution is -0.117. The molecule has 3 aromatic carbocycles. The van der Waals surface area contributed by atoms with Crippen LogP contribution in [-0.4, -0.2) is 69.9 Å². The molecule has 7 nitrogen and oxygen atoms in total. The molecule has 3 aromatic rings. The minimum atomic E-state index is -0.400. The average molecular weight is 489 g/mol. The molecule has 1 heterocycles. The Morgan fingerprint density at radius 2 is 1.75 bits per heavy atom. The zero-order valence-corrected chi connectivity index (χ0v) is 20.6. The Hall–Kier alpha value is -3.68. The van der Waals surface area contributed by atoms with Gasteiger partial charge < -0.3 is 19.5 Å². The van der Waals surface area contributed by atoms with E-state index in [1.807, 2.05) is 42.5 Å². The summed E-state index contributed by atoms with van der Waals surface area (Å²) >= 11 is 0. The van der Waals surface area contributed by atoms with E-state index in [1.54, 1.807) is 30.3 Å². The second kappa shape index (κ2) is 12.9. The number of methoxy groups -OCH3 is 1. The predicted octanol–water partition coefficient (Wildman–Crippen LogP) is 3.93. The molecule has 1 N–H and O–H groups in total. The van der Waals surface area contributed by atoms with Crippen molar-refractivity contribution >= 4 is 28.7 Å². The zero-order chi connectivity index (χ0) is 25.2. The summed E-state index contributed by atoms with van der Waals surface area (Å²) in [5, 5.41) is 5.10. The molecule has 7 heteroatoms. The zero-order valence-electron chi connectivity index (χ0n) is 20.6. The Balaban J connectivity index is 1.45. The normalized spacial score (nSPS) is 14.4. The van der Waals surface area contributed by atoms with E-state index in [9.17, 15) is 9.59 Å². The van der Waals surface area contributed by atoms with Crippen molar-refractivity contribution in [3.63, 3.8) is 0 Å². The maximum Gasteiger partial charge on any atom is 0.337 e. The molecule has 1 amide bonds. The number of benzene rings is 3. The van der Waals surface area contributed by atoms with Crippen LogP contribution < -0.4 is 10.1 Å². The summed E-state index contributed by atoms with van der Waals surface area (Å²) in [6.45, 7) is 4.99. The lowest BCUT2D eigenvalue weighted by Crippen LogP contribution is -2.38. The number of esters is 1. The van der Waals surface area contributed by atoms with Crippen LogP contribution in [0.2, 0.25) is 0 Å². The maximum absolute atomic E-state index is 13.1. The molecule has 0 spiro atoms. The summed E-state index contributed by atoms with van der Waals surface area (Å²) in [5.74, 6) is 0.150. The molecule has 36 heavy (non-hydrogen) atoms. The summed E-state index contributed by atoms with van der Waals surface area (Å²) in [4.78, 5) is 27.2. The van der Waals surface area contributed by atoms with Crippen molar-refractivity contribution in [1.29, 1.82) is 0 Å². The summed E-state index contributed by atoms with van der Waals surface area (Å²) in [5.41, 5.74) is 1.75. The van der Waals surface area contributed by atoms with Gasteiger partial charge >= 0.3 is 5.97 Å². The van der Waals surface area contributed by atoms with Gasteiger partial charge in [0.2, 0.25) is 0 Å². The van der Waals surface area contributed by atoms with Gasteiger partial charge in [0.05, 0.1) is 31.5 Å². The quantitative estimate of drug-likeness (QED) is 0.265. The second-order valence-electron chi connectivity index (χ2n) is 8.61. The van der Waals surface area contributed by atoms with E-state index in [4.69, 9.17) is 14.2 Å². The number of rotatable bonds is 10. The van der Waals surface area contributed by atoms with E-state index in [2.05, 4.69) is 10.2 Å². The number of nitrogens with one attached hydrogen (secondary N) is 1. The molecule has 1 fully saturated rings. The summed E-state index contributed by atoms with van der Waals surface area (Å²) in [7, 11) is 1.35. The van der Waals surface area contributed by atoms with E-state index in [-0.39, 0.29) is 12.5 Å². The molecule has 4 rings (SSSR count). The third-order valence-electron chi connectivity index (χ3n) is 6.14. The van der Waals surface area contributed by atoms with Crippen LogP contribution in [0.1, 0.15) is 22.3 Å². The number of carbonyl (C=O) groups is 2. The van der Waals surface area contributed by atoms with Gasteiger partial charge in [-0.2, -0.15) is 0 Å². The number of ether oxygens (including phenoxy) is 3. The van der Waals surface area contributed by atoms with Crippen LogP contribution in [0.5, 0.6) is 5.75 Å². The number of fused-ring (bicyclic) bond motifs is 1. The molecule has 1 saturated heterocycles. The molecule has 0 bridgehead atoms. The number of morpholine rings is 1. The van der Waals surface area contributed by atoms with Gasteiger partial charge in [0.1, 0.15) is 12.4 Å². The monoisotopic (exact) mass is 488 g/mol. The lowest BCUT2D eigenvalue weighted by atomic mass is 10.1. The maximum atomic E-state index is 13.1. The minimum Gasteiger partial charge on any atom is -0.488 e. The van der Waals surface area contributed by atoms with Gasteiger partial charge in [0.25, 0.3) is 5.91 Å². The second-order valence-corrected chi connectivity index (χ2v) is 8.61. The lowest BCUT2D eigenvalue weighted by Gasteiger charge is -2.26. The highest BCUT2D eigenvalue weighted by atomic mass is 16.5. The molecule has 0 aromatic heterocycles. The Morgan fingerprint density at radius 1 is 1.00 bits per heavy atom. The molecule has 0 atom stereocenters. The molecular formula is C29H32N2O5. The van der Waals surface area contributed by atoms with Crippen LogP contribution in [0.25, 0.3) is 16.8 Å². The fraction of sp³-hybridized carbons (Fsp3) is 0.310. The summed E-state index contributed by atoms with van der Waals surface area (Å²) < 4.78 is 16.3.